The molecule has 2 saturated carbocycles. The van der Waals surface area contributed by atoms with Crippen LogP contribution >= 0.6 is 0 Å². The maximum atomic E-state index is 13.9. The summed E-state index contributed by atoms with van der Waals surface area (Å²) in [5.74, 6) is -4.97. The average Bonchev–Trinajstić information content (AvgIpc) is 3.23. The first-order chi connectivity index (χ1) is 22.5. The summed E-state index contributed by atoms with van der Waals surface area (Å²) in [5.41, 5.74) is -7.74. The van der Waals surface area contributed by atoms with Crippen molar-refractivity contribution in [3.63, 3.8) is 0 Å². The molecule has 3 aliphatic rings. The lowest BCUT2D eigenvalue weighted by Gasteiger charge is -2.66. The van der Waals surface area contributed by atoms with E-state index < -0.39 is 101 Å². The molecule has 1 saturated heterocycles. The quantitative estimate of drug-likeness (QED) is 0.264. The third kappa shape index (κ3) is 5.58. The molecule has 12 nitrogen and oxygen atoms in total. The van der Waals surface area contributed by atoms with E-state index in [-0.39, 0.29) is 11.1 Å². The Morgan fingerprint density at radius 2 is 1.40 bits per heavy atom. The number of esters is 4. The highest BCUT2D eigenvalue weighted by Crippen LogP contribution is 2.68. The van der Waals surface area contributed by atoms with E-state index in [1.54, 1.807) is 64.1 Å². The molecule has 1 spiro atoms. The molecule has 12 heteroatoms. The summed E-state index contributed by atoms with van der Waals surface area (Å²) < 4.78 is 30.8. The van der Waals surface area contributed by atoms with Crippen molar-refractivity contribution < 1.29 is 58.2 Å². The predicted octanol–water partition coefficient (Wildman–Crippen LogP) is 3.00. The molecule has 2 aromatic carbocycles. The van der Waals surface area contributed by atoms with Gasteiger partial charge in [-0.15, -0.1) is 0 Å². The largest absolute Gasteiger partial charge is 0.464 e. The van der Waals surface area contributed by atoms with Gasteiger partial charge in [-0.25, -0.2) is 9.59 Å². The van der Waals surface area contributed by atoms with Gasteiger partial charge in [-0.05, 0) is 51.5 Å². The molecule has 0 amide bonds. The smallest absolute Gasteiger partial charge is 0.338 e. The fourth-order valence-corrected chi connectivity index (χ4v) is 8.10. The van der Waals surface area contributed by atoms with Crippen molar-refractivity contribution in [2.24, 2.45) is 17.3 Å². The van der Waals surface area contributed by atoms with Gasteiger partial charge in [0.15, 0.2) is 6.10 Å². The minimum Gasteiger partial charge on any atom is -0.464 e. The van der Waals surface area contributed by atoms with E-state index >= 15 is 0 Å². The normalized spacial score (nSPS) is 35.4. The summed E-state index contributed by atoms with van der Waals surface area (Å²) in [6.45, 7) is 8.38. The summed E-state index contributed by atoms with van der Waals surface area (Å²) >= 11 is 0. The molecule has 0 aromatic heterocycles. The Kier molecular flexibility index (Phi) is 9.52. The van der Waals surface area contributed by atoms with Gasteiger partial charge in [-0.3, -0.25) is 9.59 Å². The monoisotopic (exact) mass is 668 g/mol. The summed E-state index contributed by atoms with van der Waals surface area (Å²) in [5, 5.41) is 36.6. The van der Waals surface area contributed by atoms with Crippen LogP contribution < -0.4 is 0 Å². The number of aliphatic hydroxyl groups is 3. The van der Waals surface area contributed by atoms with Gasteiger partial charge < -0.3 is 39.0 Å². The molecule has 2 aliphatic carbocycles. The van der Waals surface area contributed by atoms with Crippen LogP contribution in [-0.4, -0.2) is 93.1 Å². The Hall–Kier alpha value is -3.84. The first kappa shape index (κ1) is 35.5. The number of aliphatic hydroxyl groups excluding tert-OH is 2. The van der Waals surface area contributed by atoms with Crippen LogP contribution in [-0.2, 0) is 33.3 Å². The molecule has 2 bridgehead atoms. The number of carbonyl (C=O) groups excluding carboxylic acids is 4. The second-order valence-electron chi connectivity index (χ2n) is 13.9. The fraction of sp³-hybridized carbons (Fsp3) is 0.556. The van der Waals surface area contributed by atoms with Crippen molar-refractivity contribution in [2.75, 3.05) is 6.61 Å². The van der Waals surface area contributed by atoms with Crippen LogP contribution in [0.3, 0.4) is 0 Å². The number of fused-ring (bicyclic) bond motifs is 1. The number of benzene rings is 2. The van der Waals surface area contributed by atoms with E-state index in [1.165, 1.54) is 31.2 Å². The minimum absolute atomic E-state index is 0.110. The highest BCUT2D eigenvalue weighted by molar-refractivity contribution is 5.90. The third-order valence-electron chi connectivity index (χ3n) is 10.4. The average molecular weight is 669 g/mol. The lowest BCUT2D eigenvalue weighted by Crippen LogP contribution is -2.85. The molecule has 10 unspecified atom stereocenters. The Morgan fingerprint density at radius 1 is 0.875 bits per heavy atom. The van der Waals surface area contributed by atoms with Crippen LogP contribution in [0, 0.1) is 17.3 Å². The van der Waals surface area contributed by atoms with Crippen LogP contribution in [0.4, 0.5) is 0 Å². The zero-order valence-corrected chi connectivity index (χ0v) is 28.0. The summed E-state index contributed by atoms with van der Waals surface area (Å²) in [7, 11) is 0. The van der Waals surface area contributed by atoms with Crippen molar-refractivity contribution in [1.29, 1.82) is 0 Å². The third-order valence-corrected chi connectivity index (χ3v) is 10.4. The topological polar surface area (TPSA) is 175 Å². The van der Waals surface area contributed by atoms with E-state index in [0.29, 0.717) is 6.42 Å². The summed E-state index contributed by atoms with van der Waals surface area (Å²) in [4.78, 5) is 53.8. The van der Waals surface area contributed by atoms with Gasteiger partial charge >= 0.3 is 23.9 Å². The van der Waals surface area contributed by atoms with Crippen molar-refractivity contribution >= 4 is 23.9 Å². The van der Waals surface area contributed by atoms with Crippen LogP contribution in [0.2, 0.25) is 0 Å². The summed E-state index contributed by atoms with van der Waals surface area (Å²) in [6, 6.07) is 15.8. The molecule has 1 aliphatic heterocycles. The van der Waals surface area contributed by atoms with Crippen molar-refractivity contribution in [2.45, 2.75) is 102 Å². The zero-order chi connectivity index (χ0) is 35.2. The first-order valence-electron chi connectivity index (χ1n) is 16.2. The van der Waals surface area contributed by atoms with Gasteiger partial charge in [0.1, 0.15) is 29.8 Å². The number of ether oxygens (including phenoxy) is 5. The fourth-order valence-electron chi connectivity index (χ4n) is 8.10. The first-order valence-corrected chi connectivity index (χ1v) is 16.2. The summed E-state index contributed by atoms with van der Waals surface area (Å²) in [6.07, 6.45) is -8.34. The van der Waals surface area contributed by atoms with E-state index in [4.69, 9.17) is 23.7 Å². The lowest BCUT2D eigenvalue weighted by atomic mass is 9.45. The van der Waals surface area contributed by atoms with Crippen LogP contribution in [0.15, 0.2) is 60.7 Å². The number of rotatable bonds is 9. The Labute approximate surface area is 279 Å². The van der Waals surface area contributed by atoms with E-state index in [0.717, 1.165) is 6.92 Å². The molecule has 2 aromatic rings. The van der Waals surface area contributed by atoms with E-state index in [9.17, 15) is 34.5 Å². The Bertz CT molecular complexity index is 1520. The molecule has 260 valence electrons. The molecule has 10 atom stereocenters. The number of carbonyl (C=O) groups is 4. The molecule has 5 rings (SSSR count). The van der Waals surface area contributed by atoms with Gasteiger partial charge in [-0.2, -0.15) is 0 Å². The zero-order valence-electron chi connectivity index (χ0n) is 28.0. The molecule has 48 heavy (non-hydrogen) atoms. The van der Waals surface area contributed by atoms with Gasteiger partial charge in [0.25, 0.3) is 0 Å². The highest BCUT2D eigenvalue weighted by Gasteiger charge is 2.87. The van der Waals surface area contributed by atoms with E-state index in [2.05, 4.69) is 0 Å². The number of hydrogen-bond donors (Lipinski definition) is 3. The molecular formula is C36H44O12. The van der Waals surface area contributed by atoms with E-state index in [1.807, 2.05) is 0 Å². The van der Waals surface area contributed by atoms with Gasteiger partial charge in [-0.1, -0.05) is 50.2 Å². The SMILES string of the molecule is CCC(C)C(=O)OCC12C(OC(=O)c3ccccc3)C(O)CC(C)(O)C13OC(C)(C)C(C(OC(C)=O)C2OC(=O)c1ccccc1)C3O. The molecule has 1 heterocycles. The van der Waals surface area contributed by atoms with Crippen molar-refractivity contribution in [1.82, 2.24) is 0 Å². The standard InChI is InChI=1S/C36H44O12/c1-7-20(2)30(40)44-19-35-28(46-31(41)22-14-10-8-11-15-22)24(38)18-34(6,43)36(35)27(39)25(33(4,5)48-36)26(45-21(3)37)29(35)47-32(42)23-16-12-9-13-17-23/h8-17,20,24-29,38-39,43H,7,18-19H2,1-6H3. The van der Waals surface area contributed by atoms with Gasteiger partial charge in [0.05, 0.1) is 46.4 Å². The maximum Gasteiger partial charge on any atom is 0.338 e. The second kappa shape index (κ2) is 12.9. The predicted molar refractivity (Wildman–Crippen MR) is 168 cm³/mol. The Balaban J connectivity index is 1.81. The number of hydrogen-bond acceptors (Lipinski definition) is 12. The lowest BCUT2D eigenvalue weighted by molar-refractivity contribution is -0.361. The van der Waals surface area contributed by atoms with Crippen molar-refractivity contribution in [3.05, 3.63) is 71.8 Å². The van der Waals surface area contributed by atoms with Crippen LogP contribution in [0.5, 0.6) is 0 Å². The van der Waals surface area contributed by atoms with Gasteiger partial charge in [0.2, 0.25) is 0 Å². The Morgan fingerprint density at radius 3 is 1.90 bits per heavy atom. The molecular weight excluding hydrogens is 624 g/mol. The molecule has 0 radical (unpaired) electrons. The second-order valence-corrected chi connectivity index (χ2v) is 13.9. The van der Waals surface area contributed by atoms with Crippen molar-refractivity contribution in [3.8, 4) is 0 Å². The van der Waals surface area contributed by atoms with Crippen LogP contribution in [0.1, 0.15) is 75.1 Å². The highest BCUT2D eigenvalue weighted by atomic mass is 16.6. The minimum atomic E-state index is -2.25. The van der Waals surface area contributed by atoms with Crippen LogP contribution in [0.25, 0.3) is 0 Å². The molecule has 3 fully saturated rings. The maximum absolute atomic E-state index is 13.9. The molecule has 3 N–H and O–H groups in total. The van der Waals surface area contributed by atoms with Gasteiger partial charge in [0, 0.05) is 13.3 Å².